The van der Waals surface area contributed by atoms with Crippen molar-refractivity contribution in [3.8, 4) is 0 Å². The van der Waals surface area contributed by atoms with E-state index in [1.54, 1.807) is 0 Å². The molecular formula is C14H28O. The zero-order valence-corrected chi connectivity index (χ0v) is 10.8. The number of ether oxygens (including phenoxy) is 1. The van der Waals surface area contributed by atoms with Crippen molar-refractivity contribution in [3.05, 3.63) is 0 Å². The summed E-state index contributed by atoms with van der Waals surface area (Å²) in [5.41, 5.74) is 0. The highest BCUT2D eigenvalue weighted by molar-refractivity contribution is 4.71. The Bertz CT molecular complexity index is 155. The summed E-state index contributed by atoms with van der Waals surface area (Å²) in [5, 5.41) is 0. The van der Waals surface area contributed by atoms with Crippen LogP contribution in [0.1, 0.15) is 72.1 Å². The molecule has 1 heterocycles. The maximum Gasteiger partial charge on any atom is 0.0578 e. The van der Waals surface area contributed by atoms with E-state index >= 15 is 0 Å². The van der Waals surface area contributed by atoms with Gasteiger partial charge >= 0.3 is 0 Å². The summed E-state index contributed by atoms with van der Waals surface area (Å²) in [4.78, 5) is 0. The van der Waals surface area contributed by atoms with Crippen molar-refractivity contribution in [3.63, 3.8) is 0 Å². The third-order valence-corrected chi connectivity index (χ3v) is 3.77. The Morgan fingerprint density at radius 2 is 1.87 bits per heavy atom. The molecule has 1 aliphatic rings. The molecule has 15 heavy (non-hydrogen) atoms. The second kappa shape index (κ2) is 7.27. The van der Waals surface area contributed by atoms with E-state index in [1.165, 1.54) is 51.4 Å². The van der Waals surface area contributed by atoms with Crippen molar-refractivity contribution in [2.24, 2.45) is 5.92 Å². The lowest BCUT2D eigenvalue weighted by atomic mass is 9.99. The van der Waals surface area contributed by atoms with Gasteiger partial charge in [-0.25, -0.2) is 0 Å². The Morgan fingerprint density at radius 1 is 1.07 bits per heavy atom. The summed E-state index contributed by atoms with van der Waals surface area (Å²) >= 11 is 0. The molecule has 0 unspecified atom stereocenters. The second-order valence-electron chi connectivity index (χ2n) is 5.22. The van der Waals surface area contributed by atoms with Crippen LogP contribution in [0.3, 0.4) is 0 Å². The van der Waals surface area contributed by atoms with E-state index in [-0.39, 0.29) is 0 Å². The number of hydrogen-bond acceptors (Lipinski definition) is 1. The van der Waals surface area contributed by atoms with Crippen LogP contribution in [-0.2, 0) is 4.74 Å². The number of hydrogen-bond donors (Lipinski definition) is 0. The van der Waals surface area contributed by atoms with Gasteiger partial charge in [-0.3, -0.25) is 0 Å². The van der Waals surface area contributed by atoms with Crippen LogP contribution in [0.15, 0.2) is 0 Å². The Morgan fingerprint density at radius 3 is 2.60 bits per heavy atom. The first-order valence-corrected chi connectivity index (χ1v) is 6.89. The fourth-order valence-electron chi connectivity index (χ4n) is 2.42. The molecule has 0 bridgehead atoms. The zero-order chi connectivity index (χ0) is 11.1. The van der Waals surface area contributed by atoms with Gasteiger partial charge < -0.3 is 4.74 Å². The van der Waals surface area contributed by atoms with Crippen LogP contribution in [0.5, 0.6) is 0 Å². The van der Waals surface area contributed by atoms with Gasteiger partial charge in [0, 0.05) is 0 Å². The summed E-state index contributed by atoms with van der Waals surface area (Å²) in [5.74, 6) is 0.755. The molecule has 0 aliphatic carbocycles. The van der Waals surface area contributed by atoms with Crippen molar-refractivity contribution in [2.75, 3.05) is 0 Å². The van der Waals surface area contributed by atoms with E-state index in [1.807, 2.05) is 0 Å². The molecule has 90 valence electrons. The van der Waals surface area contributed by atoms with Crippen molar-refractivity contribution in [1.29, 1.82) is 0 Å². The fourth-order valence-corrected chi connectivity index (χ4v) is 2.42. The first-order valence-electron chi connectivity index (χ1n) is 6.89. The Balaban J connectivity index is 2.17. The molecule has 1 nitrogen and oxygen atoms in total. The average molecular weight is 212 g/mol. The van der Waals surface area contributed by atoms with Crippen molar-refractivity contribution < 1.29 is 4.74 Å². The third kappa shape index (κ3) is 5.01. The van der Waals surface area contributed by atoms with Gasteiger partial charge in [-0.1, -0.05) is 46.0 Å². The van der Waals surface area contributed by atoms with Crippen molar-refractivity contribution in [1.82, 2.24) is 0 Å². The monoisotopic (exact) mass is 212 g/mol. The summed E-state index contributed by atoms with van der Waals surface area (Å²) in [7, 11) is 0. The summed E-state index contributed by atoms with van der Waals surface area (Å²) < 4.78 is 6.10. The van der Waals surface area contributed by atoms with Gasteiger partial charge in [0.15, 0.2) is 0 Å². The largest absolute Gasteiger partial charge is 0.375 e. The Kier molecular flexibility index (Phi) is 6.31. The third-order valence-electron chi connectivity index (χ3n) is 3.77. The highest BCUT2D eigenvalue weighted by atomic mass is 16.5. The topological polar surface area (TPSA) is 9.23 Å². The predicted molar refractivity (Wildman–Crippen MR) is 66.1 cm³/mol. The minimum Gasteiger partial charge on any atom is -0.375 e. The minimum atomic E-state index is 0.476. The average Bonchev–Trinajstić information content (AvgIpc) is 2.37. The molecule has 0 spiro atoms. The van der Waals surface area contributed by atoms with Crippen LogP contribution in [0.25, 0.3) is 0 Å². The molecule has 1 aliphatic heterocycles. The molecule has 0 radical (unpaired) electrons. The molecule has 1 heteroatoms. The van der Waals surface area contributed by atoms with Crippen LogP contribution in [0, 0.1) is 5.92 Å². The Hall–Kier alpha value is -0.0400. The van der Waals surface area contributed by atoms with Crippen LogP contribution in [0.4, 0.5) is 0 Å². The molecule has 1 rings (SSSR count). The van der Waals surface area contributed by atoms with E-state index in [0.29, 0.717) is 12.2 Å². The molecule has 0 aromatic heterocycles. The lowest BCUT2D eigenvalue weighted by Gasteiger charge is -2.21. The predicted octanol–water partition coefficient (Wildman–Crippen LogP) is 4.55. The van der Waals surface area contributed by atoms with Gasteiger partial charge in [0.25, 0.3) is 0 Å². The molecule has 0 amide bonds. The lowest BCUT2D eigenvalue weighted by molar-refractivity contribution is -0.0223. The smallest absolute Gasteiger partial charge is 0.0578 e. The van der Waals surface area contributed by atoms with E-state index in [0.717, 1.165) is 5.92 Å². The van der Waals surface area contributed by atoms with Gasteiger partial charge in [0.05, 0.1) is 12.2 Å². The zero-order valence-electron chi connectivity index (χ0n) is 10.8. The van der Waals surface area contributed by atoms with Gasteiger partial charge in [0.2, 0.25) is 0 Å². The molecule has 0 N–H and O–H groups in total. The fraction of sp³-hybridized carbons (Fsp3) is 1.00. The SMILES string of the molecule is CCCCCC[C@H]1CCC[C@H](C)[C@H](C)O1. The quantitative estimate of drug-likeness (QED) is 0.607. The minimum absolute atomic E-state index is 0.476. The second-order valence-corrected chi connectivity index (χ2v) is 5.22. The van der Waals surface area contributed by atoms with Crippen LogP contribution in [0.2, 0.25) is 0 Å². The van der Waals surface area contributed by atoms with Gasteiger partial charge in [0.1, 0.15) is 0 Å². The molecule has 0 saturated carbocycles. The Labute approximate surface area is 95.6 Å². The maximum absolute atomic E-state index is 6.10. The molecule has 0 aromatic rings. The highest BCUT2D eigenvalue weighted by Gasteiger charge is 2.22. The molecular weight excluding hydrogens is 184 g/mol. The van der Waals surface area contributed by atoms with Gasteiger partial charge in [-0.05, 0) is 32.1 Å². The molecule has 0 aromatic carbocycles. The summed E-state index contributed by atoms with van der Waals surface area (Å²) in [6, 6.07) is 0. The molecule has 1 saturated heterocycles. The van der Waals surface area contributed by atoms with Crippen molar-refractivity contribution in [2.45, 2.75) is 84.3 Å². The maximum atomic E-state index is 6.10. The number of unbranched alkanes of at least 4 members (excludes halogenated alkanes) is 3. The van der Waals surface area contributed by atoms with Gasteiger partial charge in [-0.2, -0.15) is 0 Å². The van der Waals surface area contributed by atoms with Crippen LogP contribution < -0.4 is 0 Å². The summed E-state index contributed by atoms with van der Waals surface area (Å²) in [6.45, 7) is 6.84. The van der Waals surface area contributed by atoms with E-state index in [4.69, 9.17) is 4.74 Å². The van der Waals surface area contributed by atoms with Crippen molar-refractivity contribution >= 4 is 0 Å². The molecule has 1 fully saturated rings. The molecule has 3 atom stereocenters. The van der Waals surface area contributed by atoms with Crippen LogP contribution in [-0.4, -0.2) is 12.2 Å². The standard InChI is InChI=1S/C14H28O/c1-4-5-6-7-10-14-11-8-9-12(2)13(3)15-14/h12-14H,4-11H2,1-3H3/t12-,13-,14-/m0/s1. The first kappa shape index (κ1) is 13.0. The summed E-state index contributed by atoms with van der Waals surface area (Å²) in [6.07, 6.45) is 11.8. The lowest BCUT2D eigenvalue weighted by Crippen LogP contribution is -2.21. The van der Waals surface area contributed by atoms with E-state index < -0.39 is 0 Å². The normalized spacial score (nSPS) is 32.6. The van der Waals surface area contributed by atoms with E-state index in [9.17, 15) is 0 Å². The van der Waals surface area contributed by atoms with Gasteiger partial charge in [-0.15, -0.1) is 0 Å². The van der Waals surface area contributed by atoms with E-state index in [2.05, 4.69) is 20.8 Å². The first-order chi connectivity index (χ1) is 7.24. The number of rotatable bonds is 5. The highest BCUT2D eigenvalue weighted by Crippen LogP contribution is 2.25. The van der Waals surface area contributed by atoms with Crippen LogP contribution >= 0.6 is 0 Å².